The lowest BCUT2D eigenvalue weighted by molar-refractivity contribution is -0.121. The molecule has 1 saturated heterocycles. The summed E-state index contributed by atoms with van der Waals surface area (Å²) in [6.07, 6.45) is 1.20. The van der Waals surface area contributed by atoms with Crippen LogP contribution in [0.15, 0.2) is 48.5 Å². The first-order valence-corrected chi connectivity index (χ1v) is 11.0. The third-order valence-corrected chi connectivity index (χ3v) is 6.21. The number of benzene rings is 2. The van der Waals surface area contributed by atoms with E-state index in [1.807, 2.05) is 38.4 Å². The second-order valence-corrected chi connectivity index (χ2v) is 8.76. The highest BCUT2D eigenvalue weighted by molar-refractivity contribution is 7.22. The molecule has 160 valence electrons. The first kappa shape index (κ1) is 21.1. The van der Waals surface area contributed by atoms with Gasteiger partial charge in [-0.1, -0.05) is 29.5 Å². The summed E-state index contributed by atoms with van der Waals surface area (Å²) < 4.78 is 1.02. The largest absolute Gasteiger partial charge is 0.309 e. The Morgan fingerprint density at radius 3 is 2.48 bits per heavy atom. The first-order chi connectivity index (χ1) is 14.9. The lowest BCUT2D eigenvalue weighted by Gasteiger charge is -2.22. The molecule has 0 spiro atoms. The number of nitrogens with zero attached hydrogens (tertiary/aromatic N) is 4. The maximum absolute atomic E-state index is 13.5. The number of anilines is 2. The molecule has 3 amide bonds. The normalized spacial score (nSPS) is 14.1. The average molecular weight is 437 g/mol. The molecule has 0 saturated carbocycles. The molecule has 1 aromatic heterocycles. The van der Waals surface area contributed by atoms with Crippen molar-refractivity contribution < 1.29 is 14.4 Å². The van der Waals surface area contributed by atoms with Crippen molar-refractivity contribution in [3.05, 3.63) is 54.1 Å². The number of carbonyl (C=O) groups excluding carboxylic acids is 3. The SMILES string of the molecule is CN(C)CCCN(C(=O)c1cccc(N2C(=O)CCC2=O)c1)c1nc2ccccc2s1. The molecule has 31 heavy (non-hydrogen) atoms. The van der Waals surface area contributed by atoms with E-state index in [0.717, 1.165) is 23.2 Å². The summed E-state index contributed by atoms with van der Waals surface area (Å²) >= 11 is 1.48. The summed E-state index contributed by atoms with van der Waals surface area (Å²) in [5, 5.41) is 0.642. The van der Waals surface area contributed by atoms with Crippen LogP contribution >= 0.6 is 11.3 Å². The monoisotopic (exact) mass is 436 g/mol. The minimum Gasteiger partial charge on any atom is -0.309 e. The van der Waals surface area contributed by atoms with Crippen molar-refractivity contribution in [3.63, 3.8) is 0 Å². The number of para-hydroxylation sites is 1. The van der Waals surface area contributed by atoms with Gasteiger partial charge in [0.1, 0.15) is 0 Å². The van der Waals surface area contributed by atoms with Gasteiger partial charge in [0.05, 0.1) is 15.9 Å². The van der Waals surface area contributed by atoms with Crippen LogP contribution < -0.4 is 9.80 Å². The van der Waals surface area contributed by atoms with Crippen molar-refractivity contribution in [2.45, 2.75) is 19.3 Å². The molecule has 1 fully saturated rings. The fourth-order valence-corrected chi connectivity index (χ4v) is 4.59. The minimum absolute atomic E-state index is 0.196. The van der Waals surface area contributed by atoms with Gasteiger partial charge in [-0.2, -0.15) is 0 Å². The Hall–Kier alpha value is -3.10. The van der Waals surface area contributed by atoms with Gasteiger partial charge in [-0.05, 0) is 57.4 Å². The fourth-order valence-electron chi connectivity index (χ4n) is 3.60. The van der Waals surface area contributed by atoms with E-state index >= 15 is 0 Å². The number of carbonyl (C=O) groups is 3. The number of fused-ring (bicyclic) bond motifs is 1. The predicted octanol–water partition coefficient (Wildman–Crippen LogP) is 3.55. The van der Waals surface area contributed by atoms with Crippen LogP contribution in [0.3, 0.4) is 0 Å². The summed E-state index contributed by atoms with van der Waals surface area (Å²) in [6, 6.07) is 14.5. The van der Waals surface area contributed by atoms with Crippen LogP contribution in [-0.4, -0.2) is 54.8 Å². The molecule has 0 unspecified atom stereocenters. The molecule has 0 aliphatic carbocycles. The van der Waals surface area contributed by atoms with E-state index in [4.69, 9.17) is 0 Å². The van der Waals surface area contributed by atoms with Gasteiger partial charge in [-0.3, -0.25) is 24.2 Å². The molecule has 3 aromatic rings. The van der Waals surface area contributed by atoms with Crippen LogP contribution in [-0.2, 0) is 9.59 Å². The summed E-state index contributed by atoms with van der Waals surface area (Å²) in [5.41, 5.74) is 1.72. The van der Waals surface area contributed by atoms with Gasteiger partial charge in [-0.15, -0.1) is 0 Å². The van der Waals surface area contributed by atoms with Gasteiger partial charge >= 0.3 is 0 Å². The zero-order valence-electron chi connectivity index (χ0n) is 17.6. The average Bonchev–Trinajstić information content (AvgIpc) is 3.33. The van der Waals surface area contributed by atoms with Gasteiger partial charge < -0.3 is 4.90 Å². The summed E-state index contributed by atoms with van der Waals surface area (Å²) in [4.78, 5) is 47.4. The Kier molecular flexibility index (Phi) is 6.11. The van der Waals surface area contributed by atoms with Gasteiger partial charge in [-0.25, -0.2) is 4.98 Å². The topological polar surface area (TPSA) is 73.8 Å². The van der Waals surface area contributed by atoms with Crippen molar-refractivity contribution in [1.82, 2.24) is 9.88 Å². The Labute approximate surface area is 184 Å². The first-order valence-electron chi connectivity index (χ1n) is 10.2. The molecule has 0 N–H and O–H groups in total. The maximum atomic E-state index is 13.5. The van der Waals surface area contributed by atoms with Crippen LogP contribution in [0, 0.1) is 0 Å². The summed E-state index contributed by atoms with van der Waals surface area (Å²) in [5.74, 6) is -0.661. The van der Waals surface area contributed by atoms with Crippen molar-refractivity contribution in [2.75, 3.05) is 37.0 Å². The molecule has 0 radical (unpaired) electrons. The molecule has 4 rings (SSSR count). The third kappa shape index (κ3) is 4.50. The number of thiazole rings is 1. The van der Waals surface area contributed by atoms with Crippen molar-refractivity contribution in [2.24, 2.45) is 0 Å². The Balaban J connectivity index is 1.66. The van der Waals surface area contributed by atoms with E-state index in [-0.39, 0.29) is 30.6 Å². The molecule has 2 heterocycles. The highest BCUT2D eigenvalue weighted by atomic mass is 32.1. The second-order valence-electron chi connectivity index (χ2n) is 7.75. The van der Waals surface area contributed by atoms with Crippen molar-refractivity contribution in [1.29, 1.82) is 0 Å². The predicted molar refractivity (Wildman–Crippen MR) is 123 cm³/mol. The highest BCUT2D eigenvalue weighted by Crippen LogP contribution is 2.30. The van der Waals surface area contributed by atoms with E-state index in [1.165, 1.54) is 16.2 Å². The lowest BCUT2D eigenvalue weighted by Crippen LogP contribution is -2.34. The molecule has 7 nitrogen and oxygen atoms in total. The molecular weight excluding hydrogens is 412 g/mol. The summed E-state index contributed by atoms with van der Waals surface area (Å²) in [6.45, 7) is 1.36. The molecule has 0 atom stereocenters. The van der Waals surface area contributed by atoms with Gasteiger partial charge in [0.25, 0.3) is 5.91 Å². The number of hydrogen-bond acceptors (Lipinski definition) is 6. The Morgan fingerprint density at radius 2 is 1.77 bits per heavy atom. The smallest absolute Gasteiger partial charge is 0.260 e. The number of imide groups is 1. The zero-order chi connectivity index (χ0) is 22.0. The number of rotatable bonds is 7. The maximum Gasteiger partial charge on any atom is 0.260 e. The van der Waals surface area contributed by atoms with Crippen LogP contribution in [0.5, 0.6) is 0 Å². The van der Waals surface area contributed by atoms with E-state index in [0.29, 0.717) is 22.9 Å². The zero-order valence-corrected chi connectivity index (χ0v) is 18.4. The Morgan fingerprint density at radius 1 is 1.03 bits per heavy atom. The van der Waals surface area contributed by atoms with Gasteiger partial charge in [0.2, 0.25) is 11.8 Å². The fraction of sp³-hybridized carbons (Fsp3) is 0.304. The molecule has 1 aliphatic rings. The van der Waals surface area contributed by atoms with Crippen molar-refractivity contribution in [3.8, 4) is 0 Å². The van der Waals surface area contributed by atoms with Crippen LogP contribution in [0.2, 0.25) is 0 Å². The Bertz CT molecular complexity index is 1090. The van der Waals surface area contributed by atoms with E-state index in [2.05, 4.69) is 9.88 Å². The quantitative estimate of drug-likeness (QED) is 0.530. The molecule has 1 aliphatic heterocycles. The van der Waals surface area contributed by atoms with E-state index < -0.39 is 0 Å². The van der Waals surface area contributed by atoms with Crippen molar-refractivity contribution >= 4 is 50.1 Å². The number of amides is 3. The lowest BCUT2D eigenvalue weighted by atomic mass is 10.1. The molecule has 2 aromatic carbocycles. The highest BCUT2D eigenvalue weighted by Gasteiger charge is 2.31. The molecule has 0 bridgehead atoms. The number of aromatic nitrogens is 1. The van der Waals surface area contributed by atoms with Crippen LogP contribution in [0.4, 0.5) is 10.8 Å². The van der Waals surface area contributed by atoms with E-state index in [9.17, 15) is 14.4 Å². The summed E-state index contributed by atoms with van der Waals surface area (Å²) in [7, 11) is 3.99. The van der Waals surface area contributed by atoms with Gasteiger partial charge in [0, 0.05) is 24.9 Å². The number of hydrogen-bond donors (Lipinski definition) is 0. The standard InChI is InChI=1S/C23H24N4O3S/c1-25(2)13-6-14-26(23-24-18-9-3-4-10-19(18)31-23)22(30)16-7-5-8-17(15-16)27-20(28)11-12-21(27)29/h3-5,7-10,15H,6,11-14H2,1-2H3. The van der Waals surface area contributed by atoms with E-state index in [1.54, 1.807) is 29.2 Å². The minimum atomic E-state index is -0.233. The second kappa shape index (κ2) is 8.95. The molecule has 8 heteroatoms. The van der Waals surface area contributed by atoms with Crippen LogP contribution in [0.25, 0.3) is 10.2 Å². The van der Waals surface area contributed by atoms with Crippen LogP contribution in [0.1, 0.15) is 29.6 Å². The molecular formula is C23H24N4O3S. The third-order valence-electron chi connectivity index (χ3n) is 5.15. The van der Waals surface area contributed by atoms with Gasteiger partial charge in [0.15, 0.2) is 5.13 Å².